The minimum atomic E-state index is -2.19. The second-order valence-electron chi connectivity index (χ2n) is 11.0. The van der Waals surface area contributed by atoms with E-state index in [9.17, 15) is 13.2 Å². The number of aromatic nitrogens is 4. The maximum absolute atomic E-state index is 13.2. The second kappa shape index (κ2) is 11.3. The highest BCUT2D eigenvalue weighted by Crippen LogP contribution is 2.41. The first-order valence-corrected chi connectivity index (χ1v) is 14.9. The van der Waals surface area contributed by atoms with Gasteiger partial charge in [0.2, 0.25) is 0 Å². The van der Waals surface area contributed by atoms with Crippen molar-refractivity contribution < 1.29 is 17.9 Å². The second-order valence-corrected chi connectivity index (χ2v) is 12.0. The summed E-state index contributed by atoms with van der Waals surface area (Å²) < 4.78 is 44.2. The quantitative estimate of drug-likeness (QED) is 0.314. The van der Waals surface area contributed by atoms with Crippen LogP contribution in [0.2, 0.25) is 0 Å². The Kier molecular flexibility index (Phi) is 7.59. The highest BCUT2D eigenvalue weighted by molar-refractivity contribution is 7.79. The fourth-order valence-corrected chi connectivity index (χ4v) is 7.59. The van der Waals surface area contributed by atoms with Crippen molar-refractivity contribution in [1.29, 1.82) is 0 Å². The standard InChI is InChI=1S/C29H34FN5O3S/c1-18-33-25-15-32-28-24(12-13-31-28)26(25)27(34-18)20-4-6-21(7-5-20)29(39(36)37)35-14-2-3-19(16-35)17-38-23-10-8-22(30)9-11-23/h8-13,15,19-21,29H,2-7,14,16-17H2,1H3,(H,33,34)(H,36,37)/p-1. The van der Waals surface area contributed by atoms with Crippen molar-refractivity contribution in [2.45, 2.75) is 56.7 Å². The third kappa shape index (κ3) is 5.55. The molecule has 0 amide bonds. The molecule has 4 aromatic rings. The number of hydrogen-bond acceptors (Lipinski definition) is 7. The van der Waals surface area contributed by atoms with Crippen LogP contribution < -0.4 is 4.74 Å². The van der Waals surface area contributed by atoms with Gasteiger partial charge in [-0.15, -0.1) is 0 Å². The summed E-state index contributed by atoms with van der Waals surface area (Å²) in [6.45, 7) is 3.93. The molecule has 1 aliphatic heterocycles. The number of pyridine rings is 1. The zero-order valence-electron chi connectivity index (χ0n) is 22.0. The van der Waals surface area contributed by atoms with Gasteiger partial charge in [-0.2, -0.15) is 0 Å². The molecule has 1 saturated heterocycles. The molecule has 4 heterocycles. The Morgan fingerprint density at radius 1 is 1.15 bits per heavy atom. The third-order valence-corrected chi connectivity index (χ3v) is 9.45. The summed E-state index contributed by atoms with van der Waals surface area (Å²) in [5, 5.41) is 1.60. The molecule has 2 aliphatic rings. The molecule has 0 radical (unpaired) electrons. The number of fused-ring (bicyclic) bond motifs is 3. The van der Waals surface area contributed by atoms with Crippen LogP contribution in [0, 0.1) is 24.6 Å². The monoisotopic (exact) mass is 550 g/mol. The van der Waals surface area contributed by atoms with Gasteiger partial charge in [0, 0.05) is 35.1 Å². The van der Waals surface area contributed by atoms with Gasteiger partial charge in [-0.05, 0) is 105 Å². The number of halogens is 1. The van der Waals surface area contributed by atoms with Crippen LogP contribution in [0.3, 0.4) is 0 Å². The minimum absolute atomic E-state index is 0.0906. The summed E-state index contributed by atoms with van der Waals surface area (Å²) in [4.78, 5) is 19.2. The number of hydrogen-bond donors (Lipinski definition) is 1. The van der Waals surface area contributed by atoms with Crippen LogP contribution in [0.1, 0.15) is 56.0 Å². The summed E-state index contributed by atoms with van der Waals surface area (Å²) >= 11 is -2.19. The first kappa shape index (κ1) is 26.3. The molecule has 39 heavy (non-hydrogen) atoms. The Bertz CT molecular complexity index is 1470. The molecule has 0 bridgehead atoms. The molecular weight excluding hydrogens is 517 g/mol. The van der Waals surface area contributed by atoms with Crippen molar-refractivity contribution in [3.05, 3.63) is 60.1 Å². The molecule has 10 heteroatoms. The van der Waals surface area contributed by atoms with Crippen molar-refractivity contribution in [1.82, 2.24) is 24.8 Å². The number of piperidine rings is 1. The predicted molar refractivity (Wildman–Crippen MR) is 148 cm³/mol. The lowest BCUT2D eigenvalue weighted by molar-refractivity contribution is 0.0874. The van der Waals surface area contributed by atoms with Crippen LogP contribution in [0.5, 0.6) is 5.75 Å². The Morgan fingerprint density at radius 2 is 1.95 bits per heavy atom. The molecule has 1 saturated carbocycles. The number of aromatic amines is 1. The van der Waals surface area contributed by atoms with Gasteiger partial charge in [-0.3, -0.25) is 9.11 Å². The van der Waals surface area contributed by atoms with Gasteiger partial charge < -0.3 is 14.3 Å². The maximum Gasteiger partial charge on any atom is 0.159 e. The maximum atomic E-state index is 13.2. The van der Waals surface area contributed by atoms with Gasteiger partial charge in [-0.25, -0.2) is 19.3 Å². The first-order chi connectivity index (χ1) is 19.0. The van der Waals surface area contributed by atoms with Crippen LogP contribution in [0.25, 0.3) is 21.9 Å². The topological polar surface area (TPSA) is 107 Å². The molecule has 3 unspecified atom stereocenters. The van der Waals surface area contributed by atoms with E-state index in [0.29, 0.717) is 24.8 Å². The smallest absolute Gasteiger partial charge is 0.159 e. The predicted octanol–water partition coefficient (Wildman–Crippen LogP) is 5.22. The lowest BCUT2D eigenvalue weighted by Gasteiger charge is -2.44. The van der Waals surface area contributed by atoms with Crippen LogP contribution in [0.15, 0.2) is 42.7 Å². The van der Waals surface area contributed by atoms with Crippen molar-refractivity contribution in [2.24, 2.45) is 11.8 Å². The van der Waals surface area contributed by atoms with Gasteiger partial charge in [0.15, 0.2) is 5.65 Å². The van der Waals surface area contributed by atoms with E-state index in [0.717, 1.165) is 78.5 Å². The van der Waals surface area contributed by atoms with Crippen LogP contribution in [-0.4, -0.2) is 58.7 Å². The zero-order chi connectivity index (χ0) is 26.9. The lowest BCUT2D eigenvalue weighted by Crippen LogP contribution is -2.50. The molecule has 206 valence electrons. The van der Waals surface area contributed by atoms with E-state index >= 15 is 0 Å². The van der Waals surface area contributed by atoms with Crippen molar-refractivity contribution >= 4 is 33.0 Å². The van der Waals surface area contributed by atoms with Crippen molar-refractivity contribution in [3.63, 3.8) is 0 Å². The van der Waals surface area contributed by atoms with Crippen LogP contribution in [0.4, 0.5) is 4.39 Å². The summed E-state index contributed by atoms with van der Waals surface area (Å²) in [5.41, 5.74) is 2.75. The van der Waals surface area contributed by atoms with E-state index < -0.39 is 16.5 Å². The molecule has 6 rings (SSSR count). The van der Waals surface area contributed by atoms with Crippen molar-refractivity contribution in [2.75, 3.05) is 19.7 Å². The summed E-state index contributed by atoms with van der Waals surface area (Å²) in [6, 6.07) is 8.03. The zero-order valence-corrected chi connectivity index (χ0v) is 22.8. The van der Waals surface area contributed by atoms with E-state index in [4.69, 9.17) is 4.74 Å². The van der Waals surface area contributed by atoms with Gasteiger partial charge in [0.05, 0.1) is 23.7 Å². The highest BCUT2D eigenvalue weighted by atomic mass is 32.2. The van der Waals surface area contributed by atoms with Gasteiger partial charge in [0.1, 0.15) is 17.4 Å². The number of aryl methyl sites for hydroxylation is 1. The molecule has 1 N–H and O–H groups in total. The first-order valence-electron chi connectivity index (χ1n) is 13.8. The van der Waals surface area contributed by atoms with E-state index in [1.165, 1.54) is 12.1 Å². The molecular formula is C29H33FN5O3S-. The molecule has 2 fully saturated rings. The van der Waals surface area contributed by atoms with Crippen LogP contribution >= 0.6 is 0 Å². The fraction of sp³-hybridized carbons (Fsp3) is 0.483. The molecule has 0 spiro atoms. The third-order valence-electron chi connectivity index (χ3n) is 8.38. The number of nitrogens with zero attached hydrogens (tertiary/aromatic N) is 4. The number of benzene rings is 1. The largest absolute Gasteiger partial charge is 0.771 e. The Morgan fingerprint density at radius 3 is 2.72 bits per heavy atom. The van der Waals surface area contributed by atoms with Gasteiger partial charge >= 0.3 is 0 Å². The molecule has 1 aromatic carbocycles. The van der Waals surface area contributed by atoms with E-state index in [2.05, 4.69) is 24.8 Å². The average molecular weight is 551 g/mol. The summed E-state index contributed by atoms with van der Waals surface area (Å²) in [6.07, 6.45) is 9.03. The van der Waals surface area contributed by atoms with Crippen molar-refractivity contribution in [3.8, 4) is 5.75 Å². The number of nitrogens with one attached hydrogen (secondary N) is 1. The van der Waals surface area contributed by atoms with Gasteiger partial charge in [-0.1, -0.05) is 0 Å². The summed E-state index contributed by atoms with van der Waals surface area (Å²) in [7, 11) is 0. The number of H-pyrrole nitrogens is 1. The number of ether oxygens (including phenoxy) is 1. The van der Waals surface area contributed by atoms with E-state index in [1.807, 2.05) is 13.0 Å². The van der Waals surface area contributed by atoms with Crippen LogP contribution in [-0.2, 0) is 11.1 Å². The number of likely N-dealkylation sites (tertiary alicyclic amines) is 1. The fourth-order valence-electron chi connectivity index (χ4n) is 6.57. The normalized spacial score (nSPS) is 24.1. The highest BCUT2D eigenvalue weighted by Gasteiger charge is 2.36. The molecule has 3 aromatic heterocycles. The Hall–Kier alpha value is -2.95. The summed E-state index contributed by atoms with van der Waals surface area (Å²) in [5.74, 6) is 1.82. The van der Waals surface area contributed by atoms with Gasteiger partial charge in [0.25, 0.3) is 0 Å². The average Bonchev–Trinajstić information content (AvgIpc) is 3.42. The molecule has 1 aliphatic carbocycles. The Labute approximate surface area is 229 Å². The lowest BCUT2D eigenvalue weighted by atomic mass is 9.78. The molecule has 3 atom stereocenters. The minimum Gasteiger partial charge on any atom is -0.771 e. The number of rotatable bonds is 7. The van der Waals surface area contributed by atoms with E-state index in [1.54, 1.807) is 24.5 Å². The SMILES string of the molecule is Cc1nc2cnc3nccc3c2c(C2CCC(C(N3CCCC(COc4ccc(F)cc4)C3)S(=O)[O-])CC2)[nH]1. The van der Waals surface area contributed by atoms with E-state index in [-0.39, 0.29) is 17.7 Å². The molecule has 8 nitrogen and oxygen atoms in total. The Balaban J connectivity index is 1.14.